The molecule has 0 bridgehead atoms. The molecule has 0 spiro atoms. The molecule has 0 saturated carbocycles. The van der Waals surface area contributed by atoms with Crippen molar-refractivity contribution in [3.05, 3.63) is 69.2 Å². The summed E-state index contributed by atoms with van der Waals surface area (Å²) >= 11 is 1.23. The average Bonchev–Trinajstić information content (AvgIpc) is 3.24. The molecule has 4 rings (SSSR count). The molecule has 2 aromatic carbocycles. The zero-order valence-corrected chi connectivity index (χ0v) is 20.0. The maximum atomic E-state index is 13.5. The van der Waals surface area contributed by atoms with Crippen LogP contribution in [0.3, 0.4) is 0 Å². The third-order valence-electron chi connectivity index (χ3n) is 5.60. The quantitative estimate of drug-likeness (QED) is 0.601. The standard InChI is InChI=1S/C23H26N4O3S2/c1-15-12-16(2)20(17(3)13-15)32(29,30)27-11-7-8-18(14-27)22-25-26-23(31-22)21(28)24-19-9-5-4-6-10-19/h4-6,9-10,12-13,18H,7-8,11,14H2,1-3H3,(H,24,28)/t18-/m1/s1. The van der Waals surface area contributed by atoms with Crippen LogP contribution in [0.5, 0.6) is 0 Å². The highest BCUT2D eigenvalue weighted by atomic mass is 32.2. The maximum Gasteiger partial charge on any atom is 0.286 e. The van der Waals surface area contributed by atoms with Crippen molar-refractivity contribution >= 4 is 33.0 Å². The number of amides is 1. The summed E-state index contributed by atoms with van der Waals surface area (Å²) in [5.41, 5.74) is 3.26. The lowest BCUT2D eigenvalue weighted by atomic mass is 10.0. The number of nitrogens with one attached hydrogen (secondary N) is 1. The van der Waals surface area contributed by atoms with Gasteiger partial charge in [0.05, 0.1) is 4.90 Å². The Hall–Kier alpha value is -2.62. The summed E-state index contributed by atoms with van der Waals surface area (Å²) in [7, 11) is -3.62. The van der Waals surface area contributed by atoms with Crippen molar-refractivity contribution in [1.29, 1.82) is 0 Å². The lowest BCUT2D eigenvalue weighted by molar-refractivity contribution is 0.102. The van der Waals surface area contributed by atoms with E-state index >= 15 is 0 Å². The Bertz CT molecular complexity index is 1220. The monoisotopic (exact) mass is 470 g/mol. The van der Waals surface area contributed by atoms with Gasteiger partial charge in [-0.2, -0.15) is 4.31 Å². The number of carbonyl (C=O) groups is 1. The molecule has 0 aliphatic carbocycles. The minimum absolute atomic E-state index is 0.0830. The second-order valence-electron chi connectivity index (χ2n) is 8.20. The van der Waals surface area contributed by atoms with Gasteiger partial charge in [0.15, 0.2) is 0 Å². The van der Waals surface area contributed by atoms with Gasteiger partial charge in [-0.05, 0) is 56.9 Å². The van der Waals surface area contributed by atoms with Gasteiger partial charge in [0.25, 0.3) is 5.91 Å². The van der Waals surface area contributed by atoms with Crippen LogP contribution in [0, 0.1) is 20.8 Å². The van der Waals surface area contributed by atoms with Crippen molar-refractivity contribution in [1.82, 2.24) is 14.5 Å². The molecule has 1 saturated heterocycles. The Morgan fingerprint density at radius 1 is 1.09 bits per heavy atom. The van der Waals surface area contributed by atoms with Gasteiger partial charge in [0.2, 0.25) is 15.0 Å². The van der Waals surface area contributed by atoms with E-state index in [0.717, 1.165) is 29.5 Å². The van der Waals surface area contributed by atoms with Crippen LogP contribution in [0.4, 0.5) is 5.69 Å². The molecule has 1 fully saturated rings. The smallest absolute Gasteiger partial charge is 0.286 e. The summed E-state index contributed by atoms with van der Waals surface area (Å²) in [6.45, 7) is 6.47. The Balaban J connectivity index is 1.52. The van der Waals surface area contributed by atoms with Crippen LogP contribution in [0.2, 0.25) is 0 Å². The first-order chi connectivity index (χ1) is 15.3. The second kappa shape index (κ2) is 9.09. The molecular formula is C23H26N4O3S2. The van der Waals surface area contributed by atoms with Crippen molar-refractivity contribution in [2.24, 2.45) is 0 Å². The predicted octanol–water partition coefficient (Wildman–Crippen LogP) is 4.28. The summed E-state index contributed by atoms with van der Waals surface area (Å²) in [6.07, 6.45) is 1.55. The van der Waals surface area contributed by atoms with Crippen LogP contribution in [-0.2, 0) is 10.0 Å². The number of aryl methyl sites for hydroxylation is 3. The average molecular weight is 471 g/mol. The van der Waals surface area contributed by atoms with Crippen LogP contribution >= 0.6 is 11.3 Å². The summed E-state index contributed by atoms with van der Waals surface area (Å²) in [5.74, 6) is -0.397. The molecule has 1 amide bonds. The van der Waals surface area contributed by atoms with Crippen molar-refractivity contribution in [3.8, 4) is 0 Å². The van der Waals surface area contributed by atoms with Crippen molar-refractivity contribution in [2.75, 3.05) is 18.4 Å². The molecule has 1 N–H and O–H groups in total. The molecular weight excluding hydrogens is 444 g/mol. The first-order valence-corrected chi connectivity index (χ1v) is 12.8. The molecule has 168 valence electrons. The minimum Gasteiger partial charge on any atom is -0.320 e. The van der Waals surface area contributed by atoms with Crippen molar-refractivity contribution < 1.29 is 13.2 Å². The van der Waals surface area contributed by atoms with Gasteiger partial charge in [-0.1, -0.05) is 47.2 Å². The van der Waals surface area contributed by atoms with Crippen molar-refractivity contribution in [3.63, 3.8) is 0 Å². The molecule has 32 heavy (non-hydrogen) atoms. The molecule has 0 unspecified atom stereocenters. The van der Waals surface area contributed by atoms with Crippen LogP contribution in [0.1, 0.15) is 50.3 Å². The molecule has 1 aromatic heterocycles. The third-order valence-corrected chi connectivity index (χ3v) is 8.86. The number of anilines is 1. The maximum absolute atomic E-state index is 13.5. The van der Waals surface area contributed by atoms with E-state index in [2.05, 4.69) is 15.5 Å². The molecule has 3 aromatic rings. The normalized spacial score (nSPS) is 17.3. The van der Waals surface area contributed by atoms with Gasteiger partial charge >= 0.3 is 0 Å². The lowest BCUT2D eigenvalue weighted by Crippen LogP contribution is -2.39. The summed E-state index contributed by atoms with van der Waals surface area (Å²) in [5, 5.41) is 12.1. The van der Waals surface area contributed by atoms with Crippen molar-refractivity contribution in [2.45, 2.75) is 44.4 Å². The van der Waals surface area contributed by atoms with Gasteiger partial charge in [-0.15, -0.1) is 10.2 Å². The molecule has 2 heterocycles. The molecule has 9 heteroatoms. The van der Waals surface area contributed by atoms with E-state index in [1.807, 2.05) is 51.1 Å². The van der Waals surface area contributed by atoms with Crippen LogP contribution in [-0.4, -0.2) is 41.9 Å². The van der Waals surface area contributed by atoms with Gasteiger partial charge in [0, 0.05) is 24.7 Å². The molecule has 1 aliphatic heterocycles. The second-order valence-corrected chi connectivity index (χ2v) is 11.1. The van der Waals surface area contributed by atoms with Crippen LogP contribution in [0.25, 0.3) is 0 Å². The number of nitrogens with zero attached hydrogens (tertiary/aromatic N) is 3. The van der Waals surface area contributed by atoms with E-state index in [1.54, 1.807) is 16.4 Å². The highest BCUT2D eigenvalue weighted by Crippen LogP contribution is 2.33. The van der Waals surface area contributed by atoms with Gasteiger partial charge < -0.3 is 5.32 Å². The topological polar surface area (TPSA) is 92.3 Å². The van der Waals surface area contributed by atoms with Gasteiger partial charge in [-0.25, -0.2) is 8.42 Å². The Labute approximate surface area is 192 Å². The van der Waals surface area contributed by atoms with Crippen LogP contribution < -0.4 is 5.32 Å². The fourth-order valence-electron chi connectivity index (χ4n) is 4.26. The van der Waals surface area contributed by atoms with E-state index in [-0.39, 0.29) is 16.8 Å². The number of hydrogen-bond acceptors (Lipinski definition) is 6. The lowest BCUT2D eigenvalue weighted by Gasteiger charge is -2.31. The predicted molar refractivity (Wildman–Crippen MR) is 126 cm³/mol. The van der Waals surface area contributed by atoms with E-state index in [1.165, 1.54) is 11.3 Å². The molecule has 1 aliphatic rings. The molecule has 1 atom stereocenters. The molecule has 7 nitrogen and oxygen atoms in total. The third kappa shape index (κ3) is 4.60. The summed E-state index contributed by atoms with van der Waals surface area (Å²) in [4.78, 5) is 12.9. The number of benzene rings is 2. The van der Waals surface area contributed by atoms with Gasteiger partial charge in [0.1, 0.15) is 5.01 Å². The first kappa shape index (κ1) is 22.6. The fourth-order valence-corrected chi connectivity index (χ4v) is 7.06. The number of hydrogen-bond donors (Lipinski definition) is 1. The number of sulfonamides is 1. The largest absolute Gasteiger partial charge is 0.320 e. The SMILES string of the molecule is Cc1cc(C)c(S(=O)(=O)N2CCC[C@@H](c3nnc(C(=O)Nc4ccccc4)s3)C2)c(C)c1. The Morgan fingerprint density at radius 3 is 2.47 bits per heavy atom. The zero-order valence-electron chi connectivity index (χ0n) is 18.3. The minimum atomic E-state index is -3.62. The summed E-state index contributed by atoms with van der Waals surface area (Å²) < 4.78 is 28.5. The van der Waals surface area contributed by atoms with E-state index in [4.69, 9.17) is 0 Å². The van der Waals surface area contributed by atoms with Crippen LogP contribution in [0.15, 0.2) is 47.4 Å². The number of carbonyl (C=O) groups excluding carboxylic acids is 1. The number of piperidine rings is 1. The number of para-hydroxylation sites is 1. The summed E-state index contributed by atoms with van der Waals surface area (Å²) in [6, 6.07) is 13.0. The number of aromatic nitrogens is 2. The molecule has 0 radical (unpaired) electrons. The first-order valence-electron chi connectivity index (χ1n) is 10.5. The van der Waals surface area contributed by atoms with Gasteiger partial charge in [-0.3, -0.25) is 4.79 Å². The Morgan fingerprint density at radius 2 is 1.78 bits per heavy atom. The zero-order chi connectivity index (χ0) is 22.9. The van der Waals surface area contributed by atoms with E-state index < -0.39 is 10.0 Å². The fraction of sp³-hybridized carbons (Fsp3) is 0.348. The van der Waals surface area contributed by atoms with E-state index in [0.29, 0.717) is 28.7 Å². The Kier molecular flexibility index (Phi) is 6.41. The number of rotatable bonds is 5. The highest BCUT2D eigenvalue weighted by Gasteiger charge is 2.34. The van der Waals surface area contributed by atoms with E-state index in [9.17, 15) is 13.2 Å². The highest BCUT2D eigenvalue weighted by molar-refractivity contribution is 7.89.